The molecule has 3 aromatic carbocycles. The molecule has 38 heavy (non-hydrogen) atoms. The number of benzene rings is 3. The minimum atomic E-state index is -4.44. The molecular formula is C28H29F3N2O5. The number of carboxylic acids is 1. The molecule has 0 saturated heterocycles. The number of carbonyl (C=O) groups is 2. The van der Waals surface area contributed by atoms with Crippen LogP contribution in [0.4, 0.5) is 23.7 Å². The number of para-hydroxylation sites is 1. The summed E-state index contributed by atoms with van der Waals surface area (Å²) in [5, 5.41) is 12.3. The van der Waals surface area contributed by atoms with Crippen LogP contribution in [0.3, 0.4) is 0 Å². The maximum absolute atomic E-state index is 12.7. The van der Waals surface area contributed by atoms with E-state index in [2.05, 4.69) is 5.32 Å². The summed E-state index contributed by atoms with van der Waals surface area (Å²) in [5.74, 6) is -0.0184. The minimum Gasteiger partial charge on any atom is -0.494 e. The van der Waals surface area contributed by atoms with E-state index < -0.39 is 29.3 Å². The average molecular weight is 531 g/mol. The molecule has 0 aromatic heterocycles. The first-order valence-corrected chi connectivity index (χ1v) is 11.8. The summed E-state index contributed by atoms with van der Waals surface area (Å²) in [5.41, 5.74) is -1.21. The molecule has 0 bridgehead atoms. The molecular weight excluding hydrogens is 501 g/mol. The third kappa shape index (κ3) is 8.16. The van der Waals surface area contributed by atoms with Gasteiger partial charge in [-0.05, 0) is 67.4 Å². The molecule has 0 aliphatic rings. The smallest absolute Gasteiger partial charge is 0.416 e. The van der Waals surface area contributed by atoms with E-state index in [9.17, 15) is 27.9 Å². The van der Waals surface area contributed by atoms with Gasteiger partial charge in [0.2, 0.25) is 5.60 Å². The Hall–Kier alpha value is -4.21. The van der Waals surface area contributed by atoms with Gasteiger partial charge >= 0.3 is 18.2 Å². The predicted molar refractivity (Wildman–Crippen MR) is 136 cm³/mol. The number of carboxylic acid groups (broad SMARTS) is 1. The van der Waals surface area contributed by atoms with Gasteiger partial charge in [-0.15, -0.1) is 0 Å². The number of aliphatic carboxylic acids is 1. The Morgan fingerprint density at radius 1 is 0.921 bits per heavy atom. The Morgan fingerprint density at radius 2 is 1.55 bits per heavy atom. The van der Waals surface area contributed by atoms with Crippen LogP contribution in [-0.2, 0) is 17.4 Å². The molecule has 0 fully saturated rings. The van der Waals surface area contributed by atoms with Gasteiger partial charge in [0.05, 0.1) is 12.2 Å². The van der Waals surface area contributed by atoms with Gasteiger partial charge in [0.1, 0.15) is 11.5 Å². The van der Waals surface area contributed by atoms with Gasteiger partial charge in [0.25, 0.3) is 0 Å². The number of nitrogens with zero attached hydrogens (tertiary/aromatic N) is 1. The highest BCUT2D eigenvalue weighted by Crippen LogP contribution is 2.30. The van der Waals surface area contributed by atoms with Crippen molar-refractivity contribution in [2.75, 3.05) is 25.5 Å². The number of hydrogen-bond acceptors (Lipinski definition) is 4. The first-order valence-electron chi connectivity index (χ1n) is 11.8. The van der Waals surface area contributed by atoms with E-state index in [4.69, 9.17) is 9.47 Å². The Labute approximate surface area is 218 Å². The highest BCUT2D eigenvalue weighted by molar-refractivity contribution is 5.89. The zero-order chi connectivity index (χ0) is 27.8. The van der Waals surface area contributed by atoms with E-state index >= 15 is 0 Å². The van der Waals surface area contributed by atoms with Crippen LogP contribution < -0.4 is 14.8 Å². The van der Waals surface area contributed by atoms with Gasteiger partial charge in [-0.3, -0.25) is 0 Å². The highest BCUT2D eigenvalue weighted by Gasteiger charge is 2.36. The molecule has 3 aromatic rings. The van der Waals surface area contributed by atoms with E-state index in [1.807, 2.05) is 6.07 Å². The van der Waals surface area contributed by atoms with Gasteiger partial charge in [-0.2, -0.15) is 13.2 Å². The van der Waals surface area contributed by atoms with Gasteiger partial charge in [0, 0.05) is 25.7 Å². The lowest BCUT2D eigenvalue weighted by atomic mass is 9.96. The second kappa shape index (κ2) is 12.4. The molecule has 10 heteroatoms. The summed E-state index contributed by atoms with van der Waals surface area (Å²) < 4.78 is 49.5. The molecule has 2 N–H and O–H groups in total. The molecule has 3 rings (SSSR count). The van der Waals surface area contributed by atoms with Gasteiger partial charge < -0.3 is 24.8 Å². The fourth-order valence-corrected chi connectivity index (χ4v) is 3.55. The SMILES string of the molecule is CN(CCCOc1ccc(C[C@](C)(Oc2ccccc2)C(=O)O)cc1)C(=O)Nc1ccc(C(F)(F)F)cc1. The number of amides is 2. The first kappa shape index (κ1) is 28.4. The number of carbonyl (C=O) groups excluding carboxylic acids is 1. The quantitative estimate of drug-likeness (QED) is 0.293. The minimum absolute atomic E-state index is 0.149. The fourth-order valence-electron chi connectivity index (χ4n) is 3.55. The number of alkyl halides is 3. The van der Waals surface area contributed by atoms with Crippen molar-refractivity contribution in [3.63, 3.8) is 0 Å². The molecule has 2 amide bonds. The molecule has 0 heterocycles. The molecule has 7 nitrogen and oxygen atoms in total. The molecule has 0 radical (unpaired) electrons. The van der Waals surface area contributed by atoms with Crippen LogP contribution >= 0.6 is 0 Å². The van der Waals surface area contributed by atoms with Crippen LogP contribution in [0.5, 0.6) is 11.5 Å². The van der Waals surface area contributed by atoms with Crippen LogP contribution in [0.15, 0.2) is 78.9 Å². The Kier molecular flexibility index (Phi) is 9.22. The first-order chi connectivity index (χ1) is 18.0. The average Bonchev–Trinajstić information content (AvgIpc) is 2.87. The number of anilines is 1. The lowest BCUT2D eigenvalue weighted by Crippen LogP contribution is -2.43. The van der Waals surface area contributed by atoms with Crippen LogP contribution in [-0.4, -0.2) is 47.8 Å². The lowest BCUT2D eigenvalue weighted by molar-refractivity contribution is -0.153. The maximum atomic E-state index is 12.7. The van der Waals surface area contributed by atoms with E-state index in [1.165, 1.54) is 24.0 Å². The molecule has 0 aliphatic heterocycles. The van der Waals surface area contributed by atoms with Crippen LogP contribution in [0.2, 0.25) is 0 Å². The summed E-state index contributed by atoms with van der Waals surface area (Å²) >= 11 is 0. The fraction of sp³-hybridized carbons (Fsp3) is 0.286. The van der Waals surface area contributed by atoms with Crippen molar-refractivity contribution in [1.82, 2.24) is 4.90 Å². The molecule has 1 atom stereocenters. The van der Waals surface area contributed by atoms with Crippen molar-refractivity contribution in [3.8, 4) is 11.5 Å². The lowest BCUT2D eigenvalue weighted by Gasteiger charge is -2.26. The zero-order valence-corrected chi connectivity index (χ0v) is 21.0. The molecule has 0 aliphatic carbocycles. The summed E-state index contributed by atoms with van der Waals surface area (Å²) in [4.78, 5) is 25.6. The van der Waals surface area contributed by atoms with Crippen LogP contribution in [0, 0.1) is 0 Å². The van der Waals surface area contributed by atoms with Gasteiger partial charge in [0.15, 0.2) is 0 Å². The number of urea groups is 1. The number of ether oxygens (including phenoxy) is 2. The standard InChI is InChI=1S/C28H29F3N2O5/c1-27(25(34)35,38-24-7-4-3-5-8-24)19-20-9-15-23(16-10-20)37-18-6-17-33(2)26(36)32-22-13-11-21(12-14-22)28(29,30)31/h3-5,7-16H,6,17-19H2,1-2H3,(H,32,36)(H,34,35)/t27-/m0/s1. The molecule has 0 saturated carbocycles. The van der Waals surface area contributed by atoms with Crippen molar-refractivity contribution < 1.29 is 37.3 Å². The summed E-state index contributed by atoms with van der Waals surface area (Å²) in [7, 11) is 1.57. The van der Waals surface area contributed by atoms with Crippen LogP contribution in [0.25, 0.3) is 0 Å². The monoisotopic (exact) mass is 530 g/mol. The summed E-state index contributed by atoms with van der Waals surface area (Å²) in [6.45, 7) is 2.20. The third-order valence-corrected chi connectivity index (χ3v) is 5.72. The number of rotatable bonds is 11. The van der Waals surface area contributed by atoms with Crippen LogP contribution in [0.1, 0.15) is 24.5 Å². The highest BCUT2D eigenvalue weighted by atomic mass is 19.4. The van der Waals surface area contributed by atoms with Crippen molar-refractivity contribution >= 4 is 17.7 Å². The van der Waals surface area contributed by atoms with E-state index in [1.54, 1.807) is 55.6 Å². The van der Waals surface area contributed by atoms with Crippen molar-refractivity contribution in [3.05, 3.63) is 90.0 Å². The predicted octanol–water partition coefficient (Wildman–Crippen LogP) is 6.10. The van der Waals surface area contributed by atoms with Crippen molar-refractivity contribution in [1.29, 1.82) is 0 Å². The second-order valence-corrected chi connectivity index (χ2v) is 8.90. The summed E-state index contributed by atoms with van der Waals surface area (Å²) in [6.07, 6.45) is -3.77. The number of hydrogen-bond donors (Lipinski definition) is 2. The van der Waals surface area contributed by atoms with Gasteiger partial charge in [-0.25, -0.2) is 9.59 Å². The van der Waals surface area contributed by atoms with Gasteiger partial charge in [-0.1, -0.05) is 30.3 Å². The van der Waals surface area contributed by atoms with E-state index in [0.717, 1.165) is 17.7 Å². The van der Waals surface area contributed by atoms with Crippen molar-refractivity contribution in [2.45, 2.75) is 31.5 Å². The Balaban J connectivity index is 1.43. The molecule has 0 unspecified atom stereocenters. The maximum Gasteiger partial charge on any atom is 0.416 e. The summed E-state index contributed by atoms with van der Waals surface area (Å²) in [6, 6.07) is 19.6. The Morgan fingerprint density at radius 3 is 2.13 bits per heavy atom. The molecule has 0 spiro atoms. The van der Waals surface area contributed by atoms with Crippen molar-refractivity contribution in [2.24, 2.45) is 0 Å². The normalized spacial score (nSPS) is 12.8. The topological polar surface area (TPSA) is 88.1 Å². The Bertz CT molecular complexity index is 1200. The second-order valence-electron chi connectivity index (χ2n) is 8.90. The van der Waals surface area contributed by atoms with E-state index in [0.29, 0.717) is 31.1 Å². The third-order valence-electron chi connectivity index (χ3n) is 5.72. The number of nitrogens with one attached hydrogen (secondary N) is 1. The molecule has 202 valence electrons. The number of halogens is 3. The zero-order valence-electron chi connectivity index (χ0n) is 21.0. The van der Waals surface area contributed by atoms with E-state index in [-0.39, 0.29) is 12.1 Å². The largest absolute Gasteiger partial charge is 0.494 e.